The lowest BCUT2D eigenvalue weighted by molar-refractivity contribution is -0.119. The molecule has 1 amide bonds. The molecule has 4 heterocycles. The first kappa shape index (κ1) is 32.1. The second-order valence-corrected chi connectivity index (χ2v) is 11.9. The van der Waals surface area contributed by atoms with Crippen molar-refractivity contribution in [2.45, 2.75) is 44.4 Å². The zero-order chi connectivity index (χ0) is 32.0. The van der Waals surface area contributed by atoms with Gasteiger partial charge in [0.25, 0.3) is 0 Å². The first-order valence-electron chi connectivity index (χ1n) is 15.1. The molecule has 240 valence electrons. The van der Waals surface area contributed by atoms with E-state index in [1.54, 1.807) is 26.6 Å². The topological polar surface area (TPSA) is 132 Å². The van der Waals surface area contributed by atoms with E-state index in [0.717, 1.165) is 30.6 Å². The maximum Gasteiger partial charge on any atom is 0.237 e. The molecular formula is C33H35Cl2N7O4. The molecule has 0 spiro atoms. The molecule has 2 aliphatic rings. The zero-order valence-corrected chi connectivity index (χ0v) is 27.1. The number of carbonyl (C=O) groups is 1. The summed E-state index contributed by atoms with van der Waals surface area (Å²) in [4.78, 5) is 30.2. The van der Waals surface area contributed by atoms with Gasteiger partial charge in [0, 0.05) is 67.0 Å². The molecule has 11 nitrogen and oxygen atoms in total. The lowest BCUT2D eigenvalue weighted by Crippen LogP contribution is -2.35. The molecule has 0 bridgehead atoms. The normalized spacial score (nSPS) is 17.7. The summed E-state index contributed by atoms with van der Waals surface area (Å²) in [7, 11) is 3.14. The number of aromatic nitrogens is 4. The number of nitrogens with zero attached hydrogens (tertiary/aromatic N) is 4. The number of methoxy groups -OCH3 is 2. The molecule has 13 heteroatoms. The number of carbonyl (C=O) groups excluding carboxylic acids is 1. The fraction of sp³-hybridized carbons (Fsp3) is 0.364. The molecule has 2 saturated heterocycles. The van der Waals surface area contributed by atoms with Crippen molar-refractivity contribution in [3.8, 4) is 45.4 Å². The summed E-state index contributed by atoms with van der Waals surface area (Å²) in [5.74, 6) is 0.911. The fourth-order valence-corrected chi connectivity index (χ4v) is 6.28. The molecule has 0 saturated carbocycles. The summed E-state index contributed by atoms with van der Waals surface area (Å²) in [6, 6.07) is 11.8. The van der Waals surface area contributed by atoms with E-state index < -0.39 is 0 Å². The van der Waals surface area contributed by atoms with Crippen LogP contribution in [0.2, 0.25) is 10.0 Å². The van der Waals surface area contributed by atoms with Crippen molar-refractivity contribution in [1.29, 1.82) is 0 Å². The van der Waals surface area contributed by atoms with Gasteiger partial charge >= 0.3 is 0 Å². The summed E-state index contributed by atoms with van der Waals surface area (Å²) >= 11 is 14.1. The molecule has 1 unspecified atom stereocenters. The predicted octanol–water partition coefficient (Wildman–Crippen LogP) is 4.84. The third kappa shape index (κ3) is 7.08. The minimum absolute atomic E-state index is 0.0856. The average molecular weight is 665 g/mol. The highest BCUT2D eigenvalue weighted by atomic mass is 35.5. The van der Waals surface area contributed by atoms with E-state index in [1.165, 1.54) is 0 Å². The Kier molecular flexibility index (Phi) is 10.3. The molecule has 3 N–H and O–H groups in total. The smallest absolute Gasteiger partial charge is 0.237 e. The van der Waals surface area contributed by atoms with Gasteiger partial charge in [-0.05, 0) is 12.8 Å². The predicted molar refractivity (Wildman–Crippen MR) is 176 cm³/mol. The molecule has 2 aliphatic heterocycles. The number of nitrogens with one attached hydrogen (secondary N) is 3. The molecule has 4 aromatic rings. The largest absolute Gasteiger partial charge is 0.480 e. The maximum absolute atomic E-state index is 11.5. The Hall–Kier alpha value is -3.87. The first-order chi connectivity index (χ1) is 22.4. The average Bonchev–Trinajstić information content (AvgIpc) is 3.76. The lowest BCUT2D eigenvalue weighted by atomic mass is 9.98. The van der Waals surface area contributed by atoms with Gasteiger partial charge in [-0.25, -0.2) is 9.97 Å². The highest BCUT2D eigenvalue weighted by Gasteiger charge is 2.22. The van der Waals surface area contributed by atoms with Gasteiger partial charge in [-0.2, -0.15) is 0 Å². The van der Waals surface area contributed by atoms with Crippen molar-refractivity contribution in [1.82, 2.24) is 35.9 Å². The van der Waals surface area contributed by atoms with Crippen LogP contribution in [-0.2, 0) is 22.6 Å². The second kappa shape index (κ2) is 14.7. The summed E-state index contributed by atoms with van der Waals surface area (Å²) in [6.07, 6.45) is 5.72. The van der Waals surface area contributed by atoms with Crippen LogP contribution < -0.4 is 25.4 Å². The molecule has 2 aromatic carbocycles. The van der Waals surface area contributed by atoms with E-state index >= 15 is 0 Å². The molecule has 2 aromatic heterocycles. The second-order valence-electron chi connectivity index (χ2n) is 11.1. The lowest BCUT2D eigenvalue weighted by Gasteiger charge is -2.16. The zero-order valence-electron chi connectivity index (χ0n) is 25.6. The molecule has 6 rings (SSSR count). The van der Waals surface area contributed by atoms with Gasteiger partial charge in [0.1, 0.15) is 11.4 Å². The van der Waals surface area contributed by atoms with Crippen molar-refractivity contribution < 1.29 is 19.0 Å². The van der Waals surface area contributed by atoms with Crippen LogP contribution in [0.3, 0.4) is 0 Å². The van der Waals surface area contributed by atoms with Crippen LogP contribution in [0.1, 0.15) is 30.7 Å². The van der Waals surface area contributed by atoms with Gasteiger partial charge in [0.2, 0.25) is 17.7 Å². The van der Waals surface area contributed by atoms with Gasteiger partial charge in [-0.3, -0.25) is 14.8 Å². The van der Waals surface area contributed by atoms with E-state index in [9.17, 15) is 4.79 Å². The standard InChI is InChI=1S/C33H35Cl2N7O4/c1-44-32-27(14-36-13-19-9-10-29(43)40-19)38-15-25(41-32)23-7-3-5-21(30(23)34)22-6-4-8-24(31(22)35)26-16-39-28(33(42-26)45-2)17-37-20-11-12-46-18-20/h3-8,15-16,19-20,36-37H,9-14,17-18H2,1-2H3,(H,40,43)/t19-,20?/m0/s1. The summed E-state index contributed by atoms with van der Waals surface area (Å²) in [5.41, 5.74) is 5.36. The number of rotatable bonds is 12. The van der Waals surface area contributed by atoms with E-state index in [0.29, 0.717) is 88.4 Å². The Morgan fingerprint density at radius 1 is 0.870 bits per heavy atom. The Balaban J connectivity index is 1.23. The van der Waals surface area contributed by atoms with Gasteiger partial charge in [-0.15, -0.1) is 0 Å². The van der Waals surface area contributed by atoms with Gasteiger partial charge in [-0.1, -0.05) is 59.6 Å². The van der Waals surface area contributed by atoms with Crippen LogP contribution in [0.25, 0.3) is 33.6 Å². The third-order valence-corrected chi connectivity index (χ3v) is 8.92. The fourth-order valence-electron chi connectivity index (χ4n) is 5.63. The monoisotopic (exact) mass is 663 g/mol. The van der Waals surface area contributed by atoms with Crippen molar-refractivity contribution in [3.63, 3.8) is 0 Å². The van der Waals surface area contributed by atoms with Crippen LogP contribution in [0.15, 0.2) is 48.8 Å². The van der Waals surface area contributed by atoms with E-state index in [-0.39, 0.29) is 18.0 Å². The van der Waals surface area contributed by atoms with Gasteiger partial charge in [0.05, 0.1) is 54.7 Å². The third-order valence-electron chi connectivity index (χ3n) is 8.11. The highest BCUT2D eigenvalue weighted by molar-refractivity contribution is 6.39. The number of ether oxygens (including phenoxy) is 3. The number of benzene rings is 2. The van der Waals surface area contributed by atoms with E-state index in [2.05, 4.69) is 25.9 Å². The van der Waals surface area contributed by atoms with Crippen LogP contribution in [0.4, 0.5) is 0 Å². The Morgan fingerprint density at radius 2 is 1.46 bits per heavy atom. The minimum atomic E-state index is 0.0856. The molecular weight excluding hydrogens is 629 g/mol. The van der Waals surface area contributed by atoms with Gasteiger partial charge < -0.3 is 30.2 Å². The molecule has 0 radical (unpaired) electrons. The number of halogens is 2. The van der Waals surface area contributed by atoms with Crippen molar-refractivity contribution in [2.24, 2.45) is 0 Å². The van der Waals surface area contributed by atoms with Crippen molar-refractivity contribution >= 4 is 29.1 Å². The highest BCUT2D eigenvalue weighted by Crippen LogP contribution is 2.42. The van der Waals surface area contributed by atoms with Gasteiger partial charge in [0.15, 0.2) is 0 Å². The molecule has 2 fully saturated rings. The number of hydrogen-bond acceptors (Lipinski definition) is 10. The van der Waals surface area contributed by atoms with E-state index in [4.69, 9.17) is 47.4 Å². The van der Waals surface area contributed by atoms with Crippen LogP contribution in [0.5, 0.6) is 11.8 Å². The van der Waals surface area contributed by atoms with Crippen LogP contribution in [0, 0.1) is 0 Å². The van der Waals surface area contributed by atoms with E-state index in [1.807, 2.05) is 36.4 Å². The summed E-state index contributed by atoms with van der Waals surface area (Å²) in [5, 5.41) is 10.7. The molecule has 46 heavy (non-hydrogen) atoms. The number of amides is 1. The van der Waals surface area contributed by atoms with Crippen LogP contribution in [-0.4, -0.2) is 71.9 Å². The number of hydrogen-bond donors (Lipinski definition) is 3. The first-order valence-corrected chi connectivity index (χ1v) is 15.9. The van der Waals surface area contributed by atoms with Crippen LogP contribution >= 0.6 is 23.2 Å². The Morgan fingerprint density at radius 3 is 1.98 bits per heavy atom. The molecule has 0 aliphatic carbocycles. The SMILES string of the molecule is COc1nc(-c2cccc(-c3cccc(-c4cnc(CNC5CCOC5)c(OC)n4)c3Cl)c2Cl)cnc1CNC[C@@H]1CCC(=O)N1. The Labute approximate surface area is 277 Å². The quantitative estimate of drug-likeness (QED) is 0.193. The Bertz CT molecular complexity index is 1720. The minimum Gasteiger partial charge on any atom is -0.480 e. The molecule has 2 atom stereocenters. The van der Waals surface area contributed by atoms with Crippen molar-refractivity contribution in [3.05, 3.63) is 70.2 Å². The summed E-state index contributed by atoms with van der Waals surface area (Å²) in [6.45, 7) is 3.05. The maximum atomic E-state index is 11.5. The van der Waals surface area contributed by atoms with Crippen molar-refractivity contribution in [2.75, 3.05) is 34.0 Å². The summed E-state index contributed by atoms with van der Waals surface area (Å²) < 4.78 is 16.6.